The van der Waals surface area contributed by atoms with Crippen molar-refractivity contribution in [2.75, 3.05) is 0 Å². The van der Waals surface area contributed by atoms with Gasteiger partial charge >= 0.3 is 0 Å². The fourth-order valence-corrected chi connectivity index (χ4v) is 6.22. The third-order valence-corrected chi connectivity index (χ3v) is 7.38. The van der Waals surface area contributed by atoms with E-state index in [-0.39, 0.29) is 5.41 Å². The Labute approximate surface area is 127 Å². The number of aliphatic hydroxyl groups excluding tert-OH is 1. The number of hydrogen-bond donors (Lipinski definition) is 2. The van der Waals surface area contributed by atoms with Crippen LogP contribution in [0.2, 0.25) is 0 Å². The van der Waals surface area contributed by atoms with E-state index in [9.17, 15) is 10.2 Å². The molecule has 2 fully saturated rings. The van der Waals surface area contributed by atoms with Crippen LogP contribution in [0.5, 0.6) is 0 Å². The smallest absolute Gasteiger partial charge is 0.160 e. The number of allylic oxidation sites excluding steroid dienone is 3. The van der Waals surface area contributed by atoms with Crippen LogP contribution in [0.4, 0.5) is 0 Å². The van der Waals surface area contributed by atoms with Crippen LogP contribution >= 0.6 is 0 Å². The van der Waals surface area contributed by atoms with Crippen molar-refractivity contribution in [2.24, 2.45) is 22.7 Å². The highest BCUT2D eigenvalue weighted by Gasteiger charge is 2.54. The van der Waals surface area contributed by atoms with E-state index in [0.29, 0.717) is 11.3 Å². The molecule has 4 atom stereocenters. The van der Waals surface area contributed by atoms with Crippen molar-refractivity contribution < 1.29 is 10.2 Å². The topological polar surface area (TPSA) is 40.5 Å². The molecule has 2 nitrogen and oxygen atoms in total. The largest absolute Gasteiger partial charge is 0.367 e. The van der Waals surface area contributed by atoms with Crippen LogP contribution in [0, 0.1) is 22.7 Å². The summed E-state index contributed by atoms with van der Waals surface area (Å²) in [5.74, 6) is 1.50. The molecule has 2 saturated carbocycles. The van der Waals surface area contributed by atoms with E-state index in [0.717, 1.165) is 38.0 Å². The predicted molar refractivity (Wildman–Crippen MR) is 83.5 cm³/mol. The van der Waals surface area contributed by atoms with Crippen LogP contribution in [-0.4, -0.2) is 16.5 Å². The van der Waals surface area contributed by atoms with Crippen molar-refractivity contribution in [3.05, 3.63) is 23.3 Å². The Kier molecular flexibility index (Phi) is 3.14. The van der Waals surface area contributed by atoms with Crippen LogP contribution < -0.4 is 0 Å². The Balaban J connectivity index is 1.80. The van der Waals surface area contributed by atoms with Crippen molar-refractivity contribution in [2.45, 2.75) is 71.0 Å². The molecule has 0 radical (unpaired) electrons. The highest BCUT2D eigenvalue weighted by Crippen LogP contribution is 2.63. The van der Waals surface area contributed by atoms with Gasteiger partial charge < -0.3 is 10.2 Å². The van der Waals surface area contributed by atoms with Crippen molar-refractivity contribution in [3.8, 4) is 0 Å². The first-order valence-electron chi connectivity index (χ1n) is 8.84. The number of fused-ring (bicyclic) bond motifs is 4. The van der Waals surface area contributed by atoms with E-state index < -0.39 is 6.29 Å². The average molecular weight is 288 g/mol. The van der Waals surface area contributed by atoms with Gasteiger partial charge in [0.15, 0.2) is 6.29 Å². The van der Waals surface area contributed by atoms with Crippen molar-refractivity contribution in [3.63, 3.8) is 0 Å². The lowest BCUT2D eigenvalue weighted by molar-refractivity contribution is -0.127. The van der Waals surface area contributed by atoms with Gasteiger partial charge in [0.05, 0.1) is 0 Å². The van der Waals surface area contributed by atoms with Gasteiger partial charge in [-0.3, -0.25) is 0 Å². The Morgan fingerprint density at radius 2 is 2.00 bits per heavy atom. The van der Waals surface area contributed by atoms with Crippen molar-refractivity contribution in [1.82, 2.24) is 0 Å². The maximum absolute atomic E-state index is 10.0. The molecule has 0 heterocycles. The SMILES string of the molecule is C[C@]12C=CCCC1CCC1=C3CCC[C@@]3(C(O)O)CC[C@@H]12. The third kappa shape index (κ3) is 1.78. The van der Waals surface area contributed by atoms with Gasteiger partial charge in [0.1, 0.15) is 0 Å². The molecular formula is C19H28O2. The van der Waals surface area contributed by atoms with Crippen LogP contribution in [0.25, 0.3) is 0 Å². The lowest BCUT2D eigenvalue weighted by atomic mass is 9.51. The normalized spacial score (nSPS) is 45.5. The van der Waals surface area contributed by atoms with E-state index >= 15 is 0 Å². The zero-order valence-corrected chi connectivity index (χ0v) is 13.1. The minimum atomic E-state index is -1.16. The predicted octanol–water partition coefficient (Wildman–Crippen LogP) is 3.94. The summed E-state index contributed by atoms with van der Waals surface area (Å²) >= 11 is 0. The second kappa shape index (κ2) is 4.70. The molecule has 0 aliphatic heterocycles. The lowest BCUT2D eigenvalue weighted by Gasteiger charge is -2.54. The maximum atomic E-state index is 10.0. The molecular weight excluding hydrogens is 260 g/mol. The first kappa shape index (κ1) is 14.0. The van der Waals surface area contributed by atoms with Crippen LogP contribution in [0.1, 0.15) is 64.7 Å². The Bertz CT molecular complexity index is 504. The Hall–Kier alpha value is -0.600. The maximum Gasteiger partial charge on any atom is 0.160 e. The van der Waals surface area contributed by atoms with Gasteiger partial charge in [0, 0.05) is 5.41 Å². The summed E-state index contributed by atoms with van der Waals surface area (Å²) in [6.45, 7) is 2.47. The molecule has 2 heteroatoms. The minimum absolute atomic E-state index is 0.284. The van der Waals surface area contributed by atoms with Gasteiger partial charge in [0.25, 0.3) is 0 Å². The highest BCUT2D eigenvalue weighted by atomic mass is 16.5. The molecule has 0 aromatic heterocycles. The molecule has 0 bridgehead atoms. The zero-order chi connectivity index (χ0) is 14.7. The summed E-state index contributed by atoms with van der Waals surface area (Å²) in [5.41, 5.74) is 3.12. The summed E-state index contributed by atoms with van der Waals surface area (Å²) in [6.07, 6.45) is 14.2. The lowest BCUT2D eigenvalue weighted by Crippen LogP contribution is -2.46. The summed E-state index contributed by atoms with van der Waals surface area (Å²) in [7, 11) is 0. The van der Waals surface area contributed by atoms with E-state index in [1.165, 1.54) is 31.3 Å². The number of hydrogen-bond acceptors (Lipinski definition) is 2. The second-order valence-electron chi connectivity index (χ2n) is 8.06. The van der Waals surface area contributed by atoms with Gasteiger partial charge in [-0.1, -0.05) is 30.2 Å². The summed E-state index contributed by atoms with van der Waals surface area (Å²) in [6, 6.07) is 0. The van der Waals surface area contributed by atoms with E-state index in [1.54, 1.807) is 5.57 Å². The average Bonchev–Trinajstić information content (AvgIpc) is 2.92. The Morgan fingerprint density at radius 1 is 1.14 bits per heavy atom. The zero-order valence-electron chi connectivity index (χ0n) is 13.1. The monoisotopic (exact) mass is 288 g/mol. The fraction of sp³-hybridized carbons (Fsp3) is 0.789. The van der Waals surface area contributed by atoms with Crippen LogP contribution in [0.3, 0.4) is 0 Å². The van der Waals surface area contributed by atoms with E-state index in [1.807, 2.05) is 0 Å². The molecule has 21 heavy (non-hydrogen) atoms. The molecule has 4 rings (SSSR count). The highest BCUT2D eigenvalue weighted by molar-refractivity contribution is 5.36. The van der Waals surface area contributed by atoms with Gasteiger partial charge in [-0.15, -0.1) is 0 Å². The van der Waals surface area contributed by atoms with Gasteiger partial charge in [-0.05, 0) is 75.0 Å². The van der Waals surface area contributed by atoms with E-state index in [2.05, 4.69) is 19.1 Å². The molecule has 1 unspecified atom stereocenters. The molecule has 2 N–H and O–H groups in total. The summed E-state index contributed by atoms with van der Waals surface area (Å²) in [4.78, 5) is 0. The Morgan fingerprint density at radius 3 is 2.81 bits per heavy atom. The second-order valence-corrected chi connectivity index (χ2v) is 8.06. The molecule has 116 valence electrons. The first-order valence-corrected chi connectivity index (χ1v) is 8.84. The number of aliphatic hydroxyl groups is 2. The third-order valence-electron chi connectivity index (χ3n) is 7.38. The van der Waals surface area contributed by atoms with Gasteiger partial charge in [-0.2, -0.15) is 0 Å². The summed E-state index contributed by atoms with van der Waals surface area (Å²) in [5, 5.41) is 20.1. The molecule has 4 aliphatic carbocycles. The standard InChI is InChI=1S/C19H28O2/c1-18-10-3-2-5-13(18)7-8-14-15(18)9-12-19(17(20)21)11-4-6-16(14)19/h3,10,13,15,17,20-21H,2,4-9,11-12H2,1H3/t13?,15-,18-,19+/m0/s1. The quantitative estimate of drug-likeness (QED) is 0.567. The van der Waals surface area contributed by atoms with Crippen molar-refractivity contribution >= 4 is 0 Å². The van der Waals surface area contributed by atoms with Crippen LogP contribution in [0.15, 0.2) is 23.3 Å². The summed E-state index contributed by atoms with van der Waals surface area (Å²) < 4.78 is 0. The van der Waals surface area contributed by atoms with Crippen LogP contribution in [-0.2, 0) is 0 Å². The fourth-order valence-electron chi connectivity index (χ4n) is 6.22. The number of rotatable bonds is 1. The van der Waals surface area contributed by atoms with Gasteiger partial charge in [0.2, 0.25) is 0 Å². The molecule has 4 aliphatic rings. The molecule has 0 spiro atoms. The molecule has 0 saturated heterocycles. The molecule has 0 amide bonds. The molecule has 0 aromatic rings. The minimum Gasteiger partial charge on any atom is -0.367 e. The van der Waals surface area contributed by atoms with Crippen molar-refractivity contribution in [1.29, 1.82) is 0 Å². The van der Waals surface area contributed by atoms with E-state index in [4.69, 9.17) is 0 Å². The first-order chi connectivity index (χ1) is 10.1. The van der Waals surface area contributed by atoms with Gasteiger partial charge in [-0.25, -0.2) is 0 Å². The molecule has 0 aromatic carbocycles.